The van der Waals surface area contributed by atoms with Gasteiger partial charge in [0.1, 0.15) is 0 Å². The number of ether oxygens (including phenoxy) is 1. The zero-order chi connectivity index (χ0) is 18.1. The molecular weight excluding hydrogens is 323 g/mol. The summed E-state index contributed by atoms with van der Waals surface area (Å²) in [7, 11) is 0.891. The minimum Gasteiger partial charge on any atom is -0.465 e. The predicted molar refractivity (Wildman–Crippen MR) is 100 cm³/mol. The largest absolute Gasteiger partial charge is 0.491 e. The van der Waals surface area contributed by atoms with E-state index in [1.807, 2.05) is 52.8 Å². The summed E-state index contributed by atoms with van der Waals surface area (Å²) in [5, 5.41) is 0. The standard InChI is InChI=1S/C18H25BO4S/c1-12-7-8-15(16(20)21-6)13(9-12)10-14(11-24)19-22-17(2,3)18(4,5)23-19/h7-10,24H,11H2,1-6H3. The lowest BCUT2D eigenvalue weighted by molar-refractivity contribution is 0.00578. The van der Waals surface area contributed by atoms with Crippen LogP contribution in [-0.2, 0) is 14.0 Å². The molecule has 1 heterocycles. The van der Waals surface area contributed by atoms with E-state index in [1.54, 1.807) is 6.07 Å². The highest BCUT2D eigenvalue weighted by atomic mass is 32.1. The molecule has 24 heavy (non-hydrogen) atoms. The van der Waals surface area contributed by atoms with E-state index in [0.29, 0.717) is 11.3 Å². The van der Waals surface area contributed by atoms with E-state index in [1.165, 1.54) is 7.11 Å². The summed E-state index contributed by atoms with van der Waals surface area (Å²) in [4.78, 5) is 12.0. The summed E-state index contributed by atoms with van der Waals surface area (Å²) in [6.45, 7) is 10.0. The predicted octanol–water partition coefficient (Wildman–Crippen LogP) is 3.73. The molecule has 0 radical (unpaired) electrons. The second kappa shape index (κ2) is 6.94. The Hall–Kier alpha value is -1.24. The van der Waals surface area contributed by atoms with Crippen LogP contribution in [0.5, 0.6) is 0 Å². The number of hydrogen-bond donors (Lipinski definition) is 1. The first-order valence-electron chi connectivity index (χ1n) is 7.97. The van der Waals surface area contributed by atoms with Gasteiger partial charge in [0.05, 0.1) is 23.9 Å². The molecule has 0 spiro atoms. The second-order valence-electron chi connectivity index (χ2n) is 7.05. The van der Waals surface area contributed by atoms with E-state index in [0.717, 1.165) is 16.6 Å². The average molecular weight is 348 g/mol. The van der Waals surface area contributed by atoms with Gasteiger partial charge in [-0.25, -0.2) is 4.79 Å². The van der Waals surface area contributed by atoms with E-state index in [-0.39, 0.29) is 5.97 Å². The van der Waals surface area contributed by atoms with Crippen LogP contribution in [0.3, 0.4) is 0 Å². The summed E-state index contributed by atoms with van der Waals surface area (Å²) in [6.07, 6.45) is 1.91. The number of esters is 1. The number of aryl methyl sites for hydroxylation is 1. The van der Waals surface area contributed by atoms with Gasteiger partial charge < -0.3 is 14.0 Å². The Balaban J connectivity index is 2.42. The van der Waals surface area contributed by atoms with Crippen LogP contribution in [0.25, 0.3) is 6.08 Å². The maximum absolute atomic E-state index is 12.0. The Labute approximate surface area is 150 Å². The molecule has 130 valence electrons. The van der Waals surface area contributed by atoms with Crippen molar-refractivity contribution in [2.24, 2.45) is 0 Å². The molecule has 0 aliphatic carbocycles. The van der Waals surface area contributed by atoms with Gasteiger partial charge >= 0.3 is 13.1 Å². The van der Waals surface area contributed by atoms with Gasteiger partial charge in [0, 0.05) is 5.75 Å². The fourth-order valence-electron chi connectivity index (χ4n) is 2.48. The molecule has 0 N–H and O–H groups in total. The Morgan fingerprint density at radius 3 is 2.33 bits per heavy atom. The molecule has 6 heteroatoms. The number of thiol groups is 1. The van der Waals surface area contributed by atoms with Crippen LogP contribution in [0.2, 0.25) is 0 Å². The first-order valence-corrected chi connectivity index (χ1v) is 8.60. The third-order valence-corrected chi connectivity index (χ3v) is 5.06. The van der Waals surface area contributed by atoms with Crippen molar-refractivity contribution in [3.8, 4) is 0 Å². The molecule has 1 aliphatic rings. The number of rotatable bonds is 4. The van der Waals surface area contributed by atoms with Crippen molar-refractivity contribution in [2.45, 2.75) is 45.8 Å². The van der Waals surface area contributed by atoms with E-state index in [9.17, 15) is 4.79 Å². The molecule has 1 aliphatic heterocycles. The first-order chi connectivity index (χ1) is 11.1. The molecule has 1 fully saturated rings. The zero-order valence-corrected chi connectivity index (χ0v) is 16.1. The lowest BCUT2D eigenvalue weighted by Crippen LogP contribution is -2.41. The van der Waals surface area contributed by atoms with Gasteiger partial charge in [-0.05, 0) is 51.7 Å². The Kier molecular flexibility index (Phi) is 5.52. The van der Waals surface area contributed by atoms with Crippen LogP contribution < -0.4 is 0 Å². The van der Waals surface area contributed by atoms with Gasteiger partial charge in [-0.15, -0.1) is 0 Å². The minimum atomic E-state index is -0.487. The van der Waals surface area contributed by atoms with Gasteiger partial charge in [0.15, 0.2) is 0 Å². The van der Waals surface area contributed by atoms with Crippen molar-refractivity contribution in [1.82, 2.24) is 0 Å². The molecule has 4 nitrogen and oxygen atoms in total. The number of carbonyl (C=O) groups excluding carboxylic acids is 1. The highest BCUT2D eigenvalue weighted by molar-refractivity contribution is 7.80. The van der Waals surface area contributed by atoms with Crippen molar-refractivity contribution in [3.05, 3.63) is 40.4 Å². The van der Waals surface area contributed by atoms with Crippen molar-refractivity contribution in [3.63, 3.8) is 0 Å². The number of benzene rings is 1. The van der Waals surface area contributed by atoms with Crippen LogP contribution >= 0.6 is 12.6 Å². The van der Waals surface area contributed by atoms with Gasteiger partial charge in [-0.3, -0.25) is 0 Å². The van der Waals surface area contributed by atoms with Gasteiger partial charge in [-0.1, -0.05) is 23.8 Å². The van der Waals surface area contributed by atoms with Crippen molar-refractivity contribution in [1.29, 1.82) is 0 Å². The fraction of sp³-hybridized carbons (Fsp3) is 0.500. The van der Waals surface area contributed by atoms with Crippen LogP contribution in [-0.4, -0.2) is 37.2 Å². The quantitative estimate of drug-likeness (QED) is 0.512. The fourth-order valence-corrected chi connectivity index (χ4v) is 2.72. The maximum atomic E-state index is 12.0. The number of carbonyl (C=O) groups is 1. The topological polar surface area (TPSA) is 44.8 Å². The summed E-state index contributed by atoms with van der Waals surface area (Å²) in [5.74, 6) is 0.0967. The van der Waals surface area contributed by atoms with Crippen molar-refractivity contribution >= 4 is 31.8 Å². The zero-order valence-electron chi connectivity index (χ0n) is 15.2. The highest BCUT2D eigenvalue weighted by Gasteiger charge is 2.52. The molecule has 0 atom stereocenters. The molecule has 1 aromatic rings. The SMILES string of the molecule is COC(=O)c1ccc(C)cc1C=C(CS)B1OC(C)(C)C(C)(C)O1. The number of methoxy groups -OCH3 is 1. The molecule has 0 unspecified atom stereocenters. The normalized spacial score (nSPS) is 19.5. The lowest BCUT2D eigenvalue weighted by atomic mass is 9.78. The van der Waals surface area contributed by atoms with Crippen molar-refractivity contribution in [2.75, 3.05) is 12.9 Å². The van der Waals surface area contributed by atoms with E-state index < -0.39 is 18.3 Å². The van der Waals surface area contributed by atoms with E-state index >= 15 is 0 Å². The first kappa shape index (κ1) is 19.1. The van der Waals surface area contributed by atoms with Gasteiger partial charge in [0.2, 0.25) is 0 Å². The smallest absolute Gasteiger partial charge is 0.465 e. The molecule has 0 bridgehead atoms. The molecule has 1 saturated heterocycles. The van der Waals surface area contributed by atoms with Crippen LogP contribution in [0, 0.1) is 6.92 Å². The van der Waals surface area contributed by atoms with Crippen LogP contribution in [0.1, 0.15) is 49.2 Å². The molecule has 2 rings (SSSR count). The number of hydrogen-bond acceptors (Lipinski definition) is 5. The van der Waals surface area contributed by atoms with Gasteiger partial charge in [-0.2, -0.15) is 12.6 Å². The average Bonchev–Trinajstić information content (AvgIpc) is 2.72. The van der Waals surface area contributed by atoms with Gasteiger partial charge in [0.25, 0.3) is 0 Å². The van der Waals surface area contributed by atoms with Crippen LogP contribution in [0.4, 0.5) is 0 Å². The van der Waals surface area contributed by atoms with E-state index in [4.69, 9.17) is 14.0 Å². The Morgan fingerprint density at radius 1 is 1.25 bits per heavy atom. The summed E-state index contributed by atoms with van der Waals surface area (Å²) < 4.78 is 17.1. The molecule has 1 aromatic carbocycles. The lowest BCUT2D eigenvalue weighted by Gasteiger charge is -2.32. The monoisotopic (exact) mass is 348 g/mol. The summed E-state index contributed by atoms with van der Waals surface area (Å²) in [5.41, 5.74) is 2.38. The summed E-state index contributed by atoms with van der Waals surface area (Å²) in [6, 6.07) is 5.60. The molecule has 0 amide bonds. The molecular formula is C18H25BO4S. The summed E-state index contributed by atoms with van der Waals surface area (Å²) >= 11 is 4.42. The maximum Gasteiger partial charge on any atom is 0.491 e. The molecule has 0 saturated carbocycles. The van der Waals surface area contributed by atoms with Crippen LogP contribution in [0.15, 0.2) is 23.7 Å². The third-order valence-electron chi connectivity index (χ3n) is 4.69. The Bertz CT molecular complexity index is 651. The highest BCUT2D eigenvalue weighted by Crippen LogP contribution is 2.39. The third kappa shape index (κ3) is 3.71. The van der Waals surface area contributed by atoms with Crippen molar-refractivity contribution < 1.29 is 18.8 Å². The molecule has 0 aromatic heterocycles. The van der Waals surface area contributed by atoms with E-state index in [2.05, 4.69) is 12.6 Å². The second-order valence-corrected chi connectivity index (χ2v) is 7.36. The minimum absolute atomic E-state index is 0.367. The Morgan fingerprint density at radius 2 is 1.83 bits per heavy atom.